The third kappa shape index (κ3) is 4.52. The van der Waals surface area contributed by atoms with Crippen molar-refractivity contribution in [3.63, 3.8) is 0 Å². The van der Waals surface area contributed by atoms with Gasteiger partial charge in [-0.3, -0.25) is 0 Å². The van der Waals surface area contributed by atoms with Crippen LogP contribution >= 0.6 is 0 Å². The maximum absolute atomic E-state index is 12.7. The Hall–Kier alpha value is -2.22. The van der Waals surface area contributed by atoms with E-state index in [1.807, 2.05) is 0 Å². The minimum absolute atomic E-state index is 0.0131. The Labute approximate surface area is 165 Å². The maximum atomic E-state index is 12.7. The lowest BCUT2D eigenvalue weighted by Crippen LogP contribution is -2.28. The summed E-state index contributed by atoms with van der Waals surface area (Å²) in [7, 11) is 0. The van der Waals surface area contributed by atoms with Crippen molar-refractivity contribution in [2.45, 2.75) is 38.2 Å². The Morgan fingerprint density at radius 3 is 1.97 bits per heavy atom. The first kappa shape index (κ1) is 21.5. The number of halogens is 6. The van der Waals surface area contributed by atoms with Crippen molar-refractivity contribution in [1.82, 2.24) is 0 Å². The first-order valence-corrected chi connectivity index (χ1v) is 9.15. The van der Waals surface area contributed by atoms with Crippen molar-refractivity contribution >= 4 is 5.69 Å². The van der Waals surface area contributed by atoms with Gasteiger partial charge in [0, 0.05) is 12.2 Å². The van der Waals surface area contributed by atoms with Crippen molar-refractivity contribution in [2.24, 2.45) is 17.1 Å². The second kappa shape index (κ2) is 7.23. The standard InChI is InChI=1S/C21H22F6N2/c1-19(2)16(11-29-15-9-7-14(8-10-15)20(22,23)24)17(19)12-3-5-13(6-4-12)18(28)21(25,26)27/h3-10,16-18,29H,11,28H2,1-2H3. The number of anilines is 1. The molecule has 0 amide bonds. The van der Waals surface area contributed by atoms with E-state index in [1.165, 1.54) is 24.3 Å². The minimum atomic E-state index is -4.49. The zero-order chi connectivity index (χ0) is 21.6. The van der Waals surface area contributed by atoms with Crippen molar-refractivity contribution < 1.29 is 26.3 Å². The van der Waals surface area contributed by atoms with Gasteiger partial charge in [0.05, 0.1) is 5.56 Å². The van der Waals surface area contributed by atoms with E-state index in [4.69, 9.17) is 5.73 Å². The number of nitrogens with one attached hydrogen (secondary N) is 1. The molecule has 8 heteroatoms. The van der Waals surface area contributed by atoms with Gasteiger partial charge < -0.3 is 11.1 Å². The highest BCUT2D eigenvalue weighted by Gasteiger charge is 2.57. The molecule has 0 saturated heterocycles. The lowest BCUT2D eigenvalue weighted by Gasteiger charge is -2.16. The van der Waals surface area contributed by atoms with E-state index < -0.39 is 24.0 Å². The smallest absolute Gasteiger partial charge is 0.385 e. The Morgan fingerprint density at radius 2 is 1.48 bits per heavy atom. The first-order chi connectivity index (χ1) is 13.3. The molecule has 3 unspecified atom stereocenters. The molecule has 0 bridgehead atoms. The van der Waals surface area contributed by atoms with E-state index in [0.29, 0.717) is 12.2 Å². The Bertz CT molecular complexity index is 837. The second-order valence-electron chi connectivity index (χ2n) is 8.05. The van der Waals surface area contributed by atoms with Crippen molar-refractivity contribution in [1.29, 1.82) is 0 Å². The fourth-order valence-electron chi connectivity index (χ4n) is 3.89. The van der Waals surface area contributed by atoms with Crippen LogP contribution in [0.1, 0.15) is 42.5 Å². The predicted molar refractivity (Wildman–Crippen MR) is 99.4 cm³/mol. The Kier molecular flexibility index (Phi) is 5.36. The SMILES string of the molecule is CC1(C)C(CNc2ccc(C(F)(F)F)cc2)C1c1ccc(C(N)C(F)(F)F)cc1. The van der Waals surface area contributed by atoms with Gasteiger partial charge in [0.1, 0.15) is 6.04 Å². The van der Waals surface area contributed by atoms with Gasteiger partial charge in [0.15, 0.2) is 0 Å². The van der Waals surface area contributed by atoms with Crippen molar-refractivity contribution in [2.75, 3.05) is 11.9 Å². The molecule has 3 rings (SSSR count). The van der Waals surface area contributed by atoms with Crippen LogP contribution in [0, 0.1) is 11.3 Å². The zero-order valence-electron chi connectivity index (χ0n) is 15.9. The fourth-order valence-corrected chi connectivity index (χ4v) is 3.89. The van der Waals surface area contributed by atoms with Crippen LogP contribution in [0.2, 0.25) is 0 Å². The normalized spacial score (nSPS) is 22.2. The summed E-state index contributed by atoms with van der Waals surface area (Å²) >= 11 is 0. The van der Waals surface area contributed by atoms with Gasteiger partial charge in [-0.25, -0.2) is 0 Å². The molecule has 1 saturated carbocycles. The predicted octanol–water partition coefficient (Wildman–Crippen LogP) is 6.12. The summed E-state index contributed by atoms with van der Waals surface area (Å²) in [6.07, 6.45) is -8.86. The van der Waals surface area contributed by atoms with Gasteiger partial charge in [-0.05, 0) is 52.6 Å². The van der Waals surface area contributed by atoms with Crippen LogP contribution in [0.15, 0.2) is 48.5 Å². The van der Waals surface area contributed by atoms with E-state index in [2.05, 4.69) is 19.2 Å². The largest absolute Gasteiger partial charge is 0.416 e. The molecule has 0 spiro atoms. The summed E-state index contributed by atoms with van der Waals surface area (Å²) in [5.74, 6) is 0.340. The number of benzene rings is 2. The molecule has 1 aliphatic rings. The Balaban J connectivity index is 1.64. The van der Waals surface area contributed by atoms with E-state index in [1.54, 1.807) is 12.1 Å². The molecular weight excluding hydrogens is 394 g/mol. The summed E-state index contributed by atoms with van der Waals surface area (Å²) in [5.41, 5.74) is 5.98. The van der Waals surface area contributed by atoms with Gasteiger partial charge in [-0.1, -0.05) is 38.1 Å². The average molecular weight is 416 g/mol. The lowest BCUT2D eigenvalue weighted by molar-refractivity contribution is -0.149. The molecule has 2 aromatic carbocycles. The quantitative estimate of drug-likeness (QED) is 0.577. The molecule has 1 fully saturated rings. The number of hydrogen-bond donors (Lipinski definition) is 2. The lowest BCUT2D eigenvalue weighted by atomic mass is 9.99. The van der Waals surface area contributed by atoms with Crippen LogP contribution in [0.25, 0.3) is 0 Å². The summed E-state index contributed by atoms with van der Waals surface area (Å²) in [6.45, 7) is 4.67. The zero-order valence-corrected chi connectivity index (χ0v) is 15.9. The van der Waals surface area contributed by atoms with Crippen LogP contribution in [0.4, 0.5) is 32.0 Å². The van der Waals surface area contributed by atoms with Gasteiger partial charge in [0.2, 0.25) is 0 Å². The molecule has 0 aliphatic heterocycles. The van der Waals surface area contributed by atoms with Gasteiger partial charge in [-0.2, -0.15) is 26.3 Å². The topological polar surface area (TPSA) is 38.0 Å². The molecule has 2 nitrogen and oxygen atoms in total. The van der Waals surface area contributed by atoms with Crippen LogP contribution in [-0.4, -0.2) is 12.7 Å². The van der Waals surface area contributed by atoms with Crippen molar-refractivity contribution in [3.8, 4) is 0 Å². The highest BCUT2D eigenvalue weighted by Crippen LogP contribution is 2.64. The van der Waals surface area contributed by atoms with E-state index in [-0.39, 0.29) is 22.8 Å². The van der Waals surface area contributed by atoms with Gasteiger partial charge in [-0.15, -0.1) is 0 Å². The Morgan fingerprint density at radius 1 is 0.931 bits per heavy atom. The second-order valence-corrected chi connectivity index (χ2v) is 8.05. The summed E-state index contributed by atoms with van der Waals surface area (Å²) in [5, 5.41) is 3.15. The van der Waals surface area contributed by atoms with E-state index >= 15 is 0 Å². The summed E-state index contributed by atoms with van der Waals surface area (Å²) in [4.78, 5) is 0. The van der Waals surface area contributed by atoms with Crippen LogP contribution in [0.3, 0.4) is 0 Å². The third-order valence-corrected chi connectivity index (χ3v) is 5.80. The number of alkyl halides is 6. The monoisotopic (exact) mass is 416 g/mol. The third-order valence-electron chi connectivity index (χ3n) is 5.80. The van der Waals surface area contributed by atoms with Gasteiger partial charge in [0.25, 0.3) is 0 Å². The minimum Gasteiger partial charge on any atom is -0.385 e. The molecule has 3 N–H and O–H groups in total. The first-order valence-electron chi connectivity index (χ1n) is 9.15. The maximum Gasteiger partial charge on any atom is 0.416 e. The molecular formula is C21H22F6N2. The fraction of sp³-hybridized carbons (Fsp3) is 0.429. The summed E-state index contributed by atoms with van der Waals surface area (Å²) in [6, 6.07) is 8.98. The van der Waals surface area contributed by atoms with Crippen LogP contribution in [-0.2, 0) is 6.18 Å². The highest BCUT2D eigenvalue weighted by atomic mass is 19.4. The van der Waals surface area contributed by atoms with Crippen LogP contribution < -0.4 is 11.1 Å². The molecule has 1 aliphatic carbocycles. The molecule has 158 valence electrons. The van der Waals surface area contributed by atoms with Crippen molar-refractivity contribution in [3.05, 3.63) is 65.2 Å². The summed E-state index contributed by atoms with van der Waals surface area (Å²) < 4.78 is 76.2. The molecule has 0 aromatic heterocycles. The molecule has 3 atom stereocenters. The number of hydrogen-bond acceptors (Lipinski definition) is 2. The van der Waals surface area contributed by atoms with E-state index in [0.717, 1.165) is 17.7 Å². The average Bonchev–Trinajstić information content (AvgIpc) is 3.18. The number of nitrogens with two attached hydrogens (primary N) is 1. The molecule has 29 heavy (non-hydrogen) atoms. The number of rotatable bonds is 5. The molecule has 2 aromatic rings. The molecule has 0 heterocycles. The van der Waals surface area contributed by atoms with Crippen LogP contribution in [0.5, 0.6) is 0 Å². The highest BCUT2D eigenvalue weighted by molar-refractivity contribution is 5.46. The van der Waals surface area contributed by atoms with Gasteiger partial charge >= 0.3 is 12.4 Å². The molecule has 0 radical (unpaired) electrons. The van der Waals surface area contributed by atoms with E-state index in [9.17, 15) is 26.3 Å².